The van der Waals surface area contributed by atoms with Gasteiger partial charge in [0.15, 0.2) is 0 Å². The van der Waals surface area contributed by atoms with Crippen molar-refractivity contribution in [3.63, 3.8) is 0 Å². The van der Waals surface area contributed by atoms with Gasteiger partial charge < -0.3 is 10.3 Å². The highest BCUT2D eigenvalue weighted by molar-refractivity contribution is 5.33. The van der Waals surface area contributed by atoms with Gasteiger partial charge in [0, 0.05) is 18.5 Å². The second-order valence-corrected chi connectivity index (χ2v) is 6.49. The van der Waals surface area contributed by atoms with Gasteiger partial charge in [-0.1, -0.05) is 20.3 Å². The summed E-state index contributed by atoms with van der Waals surface area (Å²) >= 11 is 0. The van der Waals surface area contributed by atoms with Crippen LogP contribution in [0.15, 0.2) is 10.9 Å². The number of nitrogens with one attached hydrogen (secondary N) is 2. The first-order valence-corrected chi connectivity index (χ1v) is 7.47. The number of rotatable bonds is 4. The standard InChI is InChI=1S/C15H23N3O/c1-9(2)15-17-13(7-14(19)18-15)16-8-12-6-10-3-4-11(12)5-10/h7,9-12H,3-6,8H2,1-2H3,(H2,16,17,18,19). The zero-order chi connectivity index (χ0) is 13.4. The van der Waals surface area contributed by atoms with Crippen molar-refractivity contribution in [1.29, 1.82) is 0 Å². The van der Waals surface area contributed by atoms with E-state index in [9.17, 15) is 4.79 Å². The van der Waals surface area contributed by atoms with E-state index in [0.29, 0.717) is 0 Å². The average molecular weight is 261 g/mol. The van der Waals surface area contributed by atoms with E-state index in [1.807, 2.05) is 13.8 Å². The maximum Gasteiger partial charge on any atom is 0.252 e. The first-order valence-electron chi connectivity index (χ1n) is 7.47. The SMILES string of the molecule is CC(C)c1nc(NCC2CC3CCC2C3)cc(=O)[nH]1. The maximum absolute atomic E-state index is 11.6. The molecule has 0 radical (unpaired) electrons. The summed E-state index contributed by atoms with van der Waals surface area (Å²) in [6.45, 7) is 5.05. The lowest BCUT2D eigenvalue weighted by Gasteiger charge is -2.22. The van der Waals surface area contributed by atoms with Crippen molar-refractivity contribution in [2.75, 3.05) is 11.9 Å². The third-order valence-corrected chi connectivity index (χ3v) is 4.74. The Morgan fingerprint density at radius 3 is 2.89 bits per heavy atom. The van der Waals surface area contributed by atoms with Gasteiger partial charge in [-0.15, -0.1) is 0 Å². The van der Waals surface area contributed by atoms with E-state index >= 15 is 0 Å². The monoisotopic (exact) mass is 261 g/mol. The molecule has 0 aliphatic heterocycles. The average Bonchev–Trinajstić information content (AvgIpc) is 2.97. The van der Waals surface area contributed by atoms with E-state index in [2.05, 4.69) is 15.3 Å². The summed E-state index contributed by atoms with van der Waals surface area (Å²) < 4.78 is 0. The van der Waals surface area contributed by atoms with Gasteiger partial charge in [-0.2, -0.15) is 0 Å². The Hall–Kier alpha value is -1.32. The Labute approximate surface area is 114 Å². The van der Waals surface area contributed by atoms with Crippen molar-refractivity contribution in [3.05, 3.63) is 22.2 Å². The number of aromatic amines is 1. The Morgan fingerprint density at radius 1 is 1.42 bits per heavy atom. The number of aromatic nitrogens is 2. The lowest BCUT2D eigenvalue weighted by atomic mass is 9.89. The largest absolute Gasteiger partial charge is 0.370 e. The topological polar surface area (TPSA) is 57.8 Å². The minimum atomic E-state index is -0.0610. The molecule has 2 bridgehead atoms. The molecule has 104 valence electrons. The molecule has 3 rings (SSSR count). The summed E-state index contributed by atoms with van der Waals surface area (Å²) in [5.41, 5.74) is -0.0610. The molecule has 3 unspecified atom stereocenters. The smallest absolute Gasteiger partial charge is 0.252 e. The van der Waals surface area contributed by atoms with Crippen LogP contribution >= 0.6 is 0 Å². The van der Waals surface area contributed by atoms with Crippen molar-refractivity contribution in [2.24, 2.45) is 17.8 Å². The Morgan fingerprint density at radius 2 is 2.26 bits per heavy atom. The number of nitrogens with zero attached hydrogens (tertiary/aromatic N) is 1. The number of anilines is 1. The molecule has 3 atom stereocenters. The fourth-order valence-corrected chi connectivity index (χ4v) is 3.70. The minimum Gasteiger partial charge on any atom is -0.370 e. The molecular formula is C15H23N3O. The highest BCUT2D eigenvalue weighted by Gasteiger charge is 2.39. The normalized spacial score (nSPS) is 29.1. The second kappa shape index (κ2) is 4.99. The van der Waals surface area contributed by atoms with Gasteiger partial charge in [0.1, 0.15) is 11.6 Å². The van der Waals surface area contributed by atoms with Gasteiger partial charge in [0.2, 0.25) is 0 Å². The van der Waals surface area contributed by atoms with E-state index in [1.54, 1.807) is 6.07 Å². The van der Waals surface area contributed by atoms with Crippen LogP contribution in [0.2, 0.25) is 0 Å². The van der Waals surface area contributed by atoms with Gasteiger partial charge >= 0.3 is 0 Å². The van der Waals surface area contributed by atoms with Crippen molar-refractivity contribution in [2.45, 2.75) is 45.4 Å². The zero-order valence-corrected chi connectivity index (χ0v) is 11.8. The number of H-pyrrole nitrogens is 1. The van der Waals surface area contributed by atoms with Gasteiger partial charge in [-0.3, -0.25) is 4.79 Å². The predicted octanol–water partition coefficient (Wildman–Crippen LogP) is 2.74. The summed E-state index contributed by atoms with van der Waals surface area (Å²) in [4.78, 5) is 18.9. The first-order chi connectivity index (χ1) is 9.11. The third-order valence-electron chi connectivity index (χ3n) is 4.74. The number of hydrogen-bond acceptors (Lipinski definition) is 3. The fourth-order valence-electron chi connectivity index (χ4n) is 3.70. The predicted molar refractivity (Wildman–Crippen MR) is 76.4 cm³/mol. The molecule has 4 nitrogen and oxygen atoms in total. The Balaban J connectivity index is 1.65. The van der Waals surface area contributed by atoms with E-state index in [1.165, 1.54) is 25.7 Å². The molecule has 2 aliphatic carbocycles. The van der Waals surface area contributed by atoms with E-state index in [-0.39, 0.29) is 11.5 Å². The molecule has 2 N–H and O–H groups in total. The summed E-state index contributed by atoms with van der Waals surface area (Å²) in [6.07, 6.45) is 5.61. The summed E-state index contributed by atoms with van der Waals surface area (Å²) in [6, 6.07) is 1.57. The van der Waals surface area contributed by atoms with Crippen molar-refractivity contribution in [1.82, 2.24) is 9.97 Å². The van der Waals surface area contributed by atoms with Crippen LogP contribution in [0.1, 0.15) is 51.3 Å². The molecule has 0 aromatic carbocycles. The molecule has 0 spiro atoms. The zero-order valence-electron chi connectivity index (χ0n) is 11.8. The molecule has 1 aromatic heterocycles. The molecule has 4 heteroatoms. The molecule has 0 saturated heterocycles. The lowest BCUT2D eigenvalue weighted by molar-refractivity contribution is 0.348. The molecule has 2 saturated carbocycles. The minimum absolute atomic E-state index is 0.0610. The number of fused-ring (bicyclic) bond motifs is 2. The second-order valence-electron chi connectivity index (χ2n) is 6.49. The highest BCUT2D eigenvalue weighted by Crippen LogP contribution is 2.48. The van der Waals surface area contributed by atoms with Crippen LogP contribution in [0.3, 0.4) is 0 Å². The Bertz CT molecular complexity index is 508. The molecule has 1 heterocycles. The van der Waals surface area contributed by atoms with Crippen molar-refractivity contribution >= 4 is 5.82 Å². The van der Waals surface area contributed by atoms with E-state index in [4.69, 9.17) is 0 Å². The number of hydrogen-bond donors (Lipinski definition) is 2. The third kappa shape index (κ3) is 2.67. The van der Waals surface area contributed by atoms with E-state index < -0.39 is 0 Å². The highest BCUT2D eigenvalue weighted by atomic mass is 16.1. The maximum atomic E-state index is 11.6. The van der Waals surface area contributed by atoms with Gasteiger partial charge in [-0.05, 0) is 37.0 Å². The first kappa shape index (κ1) is 12.7. The van der Waals surface area contributed by atoms with Crippen LogP contribution in [0.5, 0.6) is 0 Å². The van der Waals surface area contributed by atoms with Crippen LogP contribution in [0.25, 0.3) is 0 Å². The van der Waals surface area contributed by atoms with Crippen LogP contribution in [0, 0.1) is 17.8 Å². The molecule has 2 fully saturated rings. The van der Waals surface area contributed by atoms with Crippen LogP contribution in [-0.4, -0.2) is 16.5 Å². The fraction of sp³-hybridized carbons (Fsp3) is 0.733. The molecule has 0 amide bonds. The summed E-state index contributed by atoms with van der Waals surface area (Å²) in [7, 11) is 0. The van der Waals surface area contributed by atoms with Crippen LogP contribution in [-0.2, 0) is 0 Å². The summed E-state index contributed by atoms with van der Waals surface area (Å²) in [5.74, 6) is 4.40. The quantitative estimate of drug-likeness (QED) is 0.876. The summed E-state index contributed by atoms with van der Waals surface area (Å²) in [5, 5.41) is 3.38. The lowest BCUT2D eigenvalue weighted by Crippen LogP contribution is -2.22. The molecular weight excluding hydrogens is 238 g/mol. The molecule has 19 heavy (non-hydrogen) atoms. The van der Waals surface area contributed by atoms with Crippen LogP contribution in [0.4, 0.5) is 5.82 Å². The van der Waals surface area contributed by atoms with Gasteiger partial charge in [0.25, 0.3) is 5.56 Å². The van der Waals surface area contributed by atoms with Gasteiger partial charge in [0.05, 0.1) is 0 Å². The van der Waals surface area contributed by atoms with Crippen molar-refractivity contribution in [3.8, 4) is 0 Å². The molecule has 1 aromatic rings. The van der Waals surface area contributed by atoms with Crippen LogP contribution < -0.4 is 10.9 Å². The Kier molecular flexibility index (Phi) is 3.33. The van der Waals surface area contributed by atoms with Gasteiger partial charge in [-0.25, -0.2) is 4.98 Å². The molecule has 2 aliphatic rings. The van der Waals surface area contributed by atoms with E-state index in [0.717, 1.165) is 35.9 Å². The van der Waals surface area contributed by atoms with Crippen molar-refractivity contribution < 1.29 is 0 Å².